The molecular formula is C23H26N6O3S. The molecule has 2 aromatic heterocycles. The molecule has 33 heavy (non-hydrogen) atoms. The van der Waals surface area contributed by atoms with Gasteiger partial charge in [0.2, 0.25) is 11.8 Å². The molecule has 0 spiro atoms. The molecule has 0 radical (unpaired) electrons. The maximum absolute atomic E-state index is 13.1. The highest BCUT2D eigenvalue weighted by Gasteiger charge is 2.27. The third-order valence-corrected chi connectivity index (χ3v) is 7.64. The van der Waals surface area contributed by atoms with Crippen LogP contribution in [0.25, 0.3) is 10.3 Å². The minimum atomic E-state index is -0.241. The molecule has 4 heterocycles. The normalized spacial score (nSPS) is 16.6. The first kappa shape index (κ1) is 21.6. The summed E-state index contributed by atoms with van der Waals surface area (Å²) >= 11 is 1.31. The van der Waals surface area contributed by atoms with Crippen molar-refractivity contribution in [1.82, 2.24) is 24.8 Å². The van der Waals surface area contributed by atoms with Crippen LogP contribution in [0.2, 0.25) is 0 Å². The van der Waals surface area contributed by atoms with Gasteiger partial charge in [-0.05, 0) is 30.4 Å². The lowest BCUT2D eigenvalue weighted by molar-refractivity contribution is -0.132. The predicted molar refractivity (Wildman–Crippen MR) is 126 cm³/mol. The fraction of sp³-hybridized carbons (Fsp3) is 0.435. The lowest BCUT2D eigenvalue weighted by Gasteiger charge is -2.30. The Bertz CT molecular complexity index is 1260. The van der Waals surface area contributed by atoms with Gasteiger partial charge >= 0.3 is 0 Å². The number of piperidine rings is 1. The zero-order valence-electron chi connectivity index (χ0n) is 18.5. The molecule has 2 amide bonds. The molecule has 1 N–H and O–H groups in total. The van der Waals surface area contributed by atoms with Crippen LogP contribution in [0.4, 0.5) is 5.13 Å². The van der Waals surface area contributed by atoms with Gasteiger partial charge in [0.1, 0.15) is 17.6 Å². The van der Waals surface area contributed by atoms with E-state index >= 15 is 0 Å². The molecule has 0 unspecified atom stereocenters. The Labute approximate surface area is 195 Å². The van der Waals surface area contributed by atoms with Crippen LogP contribution in [0.3, 0.4) is 0 Å². The van der Waals surface area contributed by atoms with E-state index in [0.717, 1.165) is 30.0 Å². The largest absolute Gasteiger partial charge is 0.359 e. The van der Waals surface area contributed by atoms with Crippen molar-refractivity contribution in [2.45, 2.75) is 32.4 Å². The van der Waals surface area contributed by atoms with Gasteiger partial charge in [0.05, 0.1) is 0 Å². The number of benzene rings is 1. The molecule has 9 nitrogen and oxygen atoms in total. The number of anilines is 1. The zero-order valence-corrected chi connectivity index (χ0v) is 19.3. The van der Waals surface area contributed by atoms with Crippen LogP contribution < -0.4 is 15.8 Å². The highest BCUT2D eigenvalue weighted by Crippen LogP contribution is 2.29. The van der Waals surface area contributed by atoms with E-state index in [1.54, 1.807) is 11.9 Å². The van der Waals surface area contributed by atoms with Crippen molar-refractivity contribution in [3.8, 4) is 0 Å². The number of thiazole rings is 1. The van der Waals surface area contributed by atoms with Gasteiger partial charge in [-0.25, -0.2) is 4.98 Å². The summed E-state index contributed by atoms with van der Waals surface area (Å²) < 4.78 is 1.84. The summed E-state index contributed by atoms with van der Waals surface area (Å²) in [6, 6.07) is 8.15. The molecule has 1 aromatic carbocycles. The Morgan fingerprint density at radius 1 is 1.15 bits per heavy atom. The Morgan fingerprint density at radius 2 is 1.91 bits per heavy atom. The fourth-order valence-corrected chi connectivity index (χ4v) is 5.60. The summed E-state index contributed by atoms with van der Waals surface area (Å²) in [5.41, 5.74) is 2.60. The van der Waals surface area contributed by atoms with Crippen molar-refractivity contribution in [2.75, 3.05) is 31.6 Å². The number of nitrogens with one attached hydrogen (secondary N) is 1. The average Bonchev–Trinajstić information content (AvgIpc) is 3.30. The molecule has 172 valence electrons. The molecule has 3 aromatic rings. The SMILES string of the molecule is CNC(=O)C1CCN(c2nc3ncn(CC(=O)N4CCc5ccccc5C4)c(=O)c3s2)CC1. The number of aromatic nitrogens is 3. The van der Waals surface area contributed by atoms with E-state index in [0.29, 0.717) is 36.5 Å². The molecule has 0 saturated carbocycles. The first-order chi connectivity index (χ1) is 16.0. The van der Waals surface area contributed by atoms with Crippen LogP contribution >= 0.6 is 11.3 Å². The molecule has 1 fully saturated rings. The van der Waals surface area contributed by atoms with Crippen LogP contribution in [-0.4, -0.2) is 57.9 Å². The number of amides is 2. The smallest absolute Gasteiger partial charge is 0.273 e. The van der Waals surface area contributed by atoms with Gasteiger partial charge in [-0.1, -0.05) is 35.6 Å². The molecule has 0 aliphatic carbocycles. The highest BCUT2D eigenvalue weighted by atomic mass is 32.1. The third kappa shape index (κ3) is 4.22. The van der Waals surface area contributed by atoms with Gasteiger partial charge < -0.3 is 15.1 Å². The van der Waals surface area contributed by atoms with Crippen LogP contribution in [0.5, 0.6) is 0 Å². The number of hydrogen-bond acceptors (Lipinski definition) is 7. The monoisotopic (exact) mass is 466 g/mol. The maximum Gasteiger partial charge on any atom is 0.273 e. The fourth-order valence-electron chi connectivity index (χ4n) is 4.57. The van der Waals surface area contributed by atoms with Crippen molar-refractivity contribution in [1.29, 1.82) is 0 Å². The van der Waals surface area contributed by atoms with Crippen LogP contribution in [-0.2, 0) is 29.1 Å². The van der Waals surface area contributed by atoms with Crippen molar-refractivity contribution in [3.63, 3.8) is 0 Å². The maximum atomic E-state index is 13.1. The number of nitrogens with zero attached hydrogens (tertiary/aromatic N) is 5. The number of fused-ring (bicyclic) bond motifs is 2. The molecule has 2 aliphatic heterocycles. The van der Waals surface area contributed by atoms with E-state index in [-0.39, 0.29) is 29.8 Å². The Kier molecular flexibility index (Phi) is 5.84. The second-order valence-corrected chi connectivity index (χ2v) is 9.51. The van der Waals surface area contributed by atoms with E-state index in [9.17, 15) is 14.4 Å². The van der Waals surface area contributed by atoms with E-state index in [4.69, 9.17) is 0 Å². The topological polar surface area (TPSA) is 100 Å². The number of hydrogen-bond donors (Lipinski definition) is 1. The van der Waals surface area contributed by atoms with Gasteiger partial charge in [-0.3, -0.25) is 19.0 Å². The molecule has 10 heteroatoms. The highest BCUT2D eigenvalue weighted by molar-refractivity contribution is 7.22. The molecule has 5 rings (SSSR count). The van der Waals surface area contributed by atoms with Gasteiger partial charge in [0, 0.05) is 39.1 Å². The second-order valence-electron chi connectivity index (χ2n) is 8.54. The van der Waals surface area contributed by atoms with Gasteiger partial charge in [0.25, 0.3) is 5.56 Å². The quantitative estimate of drug-likeness (QED) is 0.624. The van der Waals surface area contributed by atoms with Crippen molar-refractivity contribution in [3.05, 3.63) is 52.1 Å². The summed E-state index contributed by atoms with van der Waals surface area (Å²) in [7, 11) is 1.66. The minimum Gasteiger partial charge on any atom is -0.359 e. The van der Waals surface area contributed by atoms with Crippen LogP contribution in [0.15, 0.2) is 35.4 Å². The molecule has 1 saturated heterocycles. The number of carbonyl (C=O) groups excluding carboxylic acids is 2. The third-order valence-electron chi connectivity index (χ3n) is 6.54. The minimum absolute atomic E-state index is 0.0174. The first-order valence-corrected chi connectivity index (χ1v) is 12.0. The predicted octanol–water partition coefficient (Wildman–Crippen LogP) is 1.40. The number of carbonyl (C=O) groups is 2. The van der Waals surface area contributed by atoms with Crippen molar-refractivity contribution in [2.24, 2.45) is 5.92 Å². The van der Waals surface area contributed by atoms with Crippen LogP contribution in [0.1, 0.15) is 24.0 Å². The summed E-state index contributed by atoms with van der Waals surface area (Å²) in [5, 5.41) is 3.45. The Morgan fingerprint density at radius 3 is 2.67 bits per heavy atom. The van der Waals surface area contributed by atoms with Gasteiger partial charge in [-0.15, -0.1) is 0 Å². The number of rotatable bonds is 4. The molecular weight excluding hydrogens is 440 g/mol. The molecule has 0 atom stereocenters. The summed E-state index contributed by atoms with van der Waals surface area (Å²) in [4.78, 5) is 50.7. The zero-order chi connectivity index (χ0) is 22.9. The Hall–Kier alpha value is -3.27. The second kappa shape index (κ2) is 8.93. The summed E-state index contributed by atoms with van der Waals surface area (Å²) in [6.45, 7) is 2.60. The summed E-state index contributed by atoms with van der Waals surface area (Å²) in [5.74, 6) is 0.00266. The van der Waals surface area contributed by atoms with Gasteiger partial charge in [-0.2, -0.15) is 4.98 Å². The average molecular weight is 467 g/mol. The molecule has 2 aliphatic rings. The van der Waals surface area contributed by atoms with Crippen molar-refractivity contribution < 1.29 is 9.59 Å². The Balaban J connectivity index is 1.30. The van der Waals surface area contributed by atoms with Crippen LogP contribution in [0, 0.1) is 5.92 Å². The first-order valence-electron chi connectivity index (χ1n) is 11.2. The molecule has 0 bridgehead atoms. The van der Waals surface area contributed by atoms with E-state index in [2.05, 4.69) is 26.3 Å². The van der Waals surface area contributed by atoms with E-state index < -0.39 is 0 Å². The van der Waals surface area contributed by atoms with Crippen molar-refractivity contribution >= 4 is 38.6 Å². The van der Waals surface area contributed by atoms with Gasteiger partial charge in [0.15, 0.2) is 10.8 Å². The standard InChI is InChI=1S/C23H26N6O3S/c1-24-21(31)16-7-9-27(10-8-16)23-26-20-19(33-23)22(32)29(14-25-20)13-18(30)28-11-6-15-4-2-3-5-17(15)12-28/h2-5,14,16H,6-13H2,1H3,(H,24,31). The lowest BCUT2D eigenvalue weighted by Crippen LogP contribution is -2.39. The lowest BCUT2D eigenvalue weighted by atomic mass is 9.96. The van der Waals surface area contributed by atoms with E-state index in [1.807, 2.05) is 18.2 Å². The summed E-state index contributed by atoms with van der Waals surface area (Å²) in [6.07, 6.45) is 3.74. The van der Waals surface area contributed by atoms with E-state index in [1.165, 1.54) is 27.8 Å².